The van der Waals surface area contributed by atoms with Crippen molar-refractivity contribution in [2.75, 3.05) is 13.2 Å². The first kappa shape index (κ1) is 52.2. The maximum Gasteiger partial charge on any atom is 0.469 e. The van der Waals surface area contributed by atoms with Crippen LogP contribution in [0.25, 0.3) is 0 Å². The number of carbonyl (C=O) groups is 2. The first-order chi connectivity index (χ1) is 26.1. The highest BCUT2D eigenvalue weighted by Gasteiger charge is 2.23. The summed E-state index contributed by atoms with van der Waals surface area (Å²) in [7, 11) is -4.79. The molecule has 0 spiro atoms. The van der Waals surface area contributed by atoms with E-state index < -0.39 is 44.7 Å². The van der Waals surface area contributed by atoms with Crippen LogP contribution in [0.4, 0.5) is 0 Å². The zero-order valence-corrected chi connectivity index (χ0v) is 35.0. The van der Waals surface area contributed by atoms with Crippen LogP contribution >= 0.6 is 7.82 Å². The normalized spacial score (nSPS) is 14.0. The number of phosphoric acid groups is 1. The van der Waals surface area contributed by atoms with Crippen molar-refractivity contribution in [3.05, 3.63) is 36.5 Å². The molecule has 0 saturated heterocycles. The highest BCUT2D eigenvalue weighted by molar-refractivity contribution is 7.46. The van der Waals surface area contributed by atoms with Crippen LogP contribution < -0.4 is 0 Å². The molecule has 0 rings (SSSR count). The minimum atomic E-state index is -4.79. The fourth-order valence-corrected chi connectivity index (χ4v) is 6.32. The lowest BCUT2D eigenvalue weighted by Crippen LogP contribution is -2.29. The number of phosphoric ester groups is 1. The fourth-order valence-electron chi connectivity index (χ4n) is 5.96. The number of rotatable bonds is 39. The largest absolute Gasteiger partial charge is 0.469 e. The molecule has 54 heavy (non-hydrogen) atoms. The molecule has 0 radical (unpaired) electrons. The van der Waals surface area contributed by atoms with Crippen LogP contribution in [-0.4, -0.2) is 63.5 Å². The predicted molar refractivity (Wildman–Crippen MR) is 219 cm³/mol. The van der Waals surface area contributed by atoms with E-state index in [1.807, 2.05) is 6.08 Å². The van der Waals surface area contributed by atoms with E-state index in [9.17, 15) is 24.4 Å². The van der Waals surface area contributed by atoms with Gasteiger partial charge in [-0.2, -0.15) is 0 Å². The molecule has 0 heterocycles. The standard InChI is InChI=1S/C43H79O10P/c1-3-5-7-9-11-12-13-14-15-16-17-18-19-20-21-22-23-27-32-36-43(47)53-39(38-52-54(48,49)50)37-51-42(46)35-31-28-24-26-30-34-41(45)40(44)33-29-25-10-8-6-4-2/h11-12,14-15,25,29,39-41,44-45H,3-10,13,16-24,26-28,30-38H2,1-2H3,(H2,48,49,50)/b12-11-,15-14-,29-25-/t39-,40-,41-/m1/s1. The molecule has 0 aromatic carbocycles. The second kappa shape index (κ2) is 38.1. The lowest BCUT2D eigenvalue weighted by atomic mass is 10.0. The zero-order valence-electron chi connectivity index (χ0n) is 34.1. The third-order valence-electron chi connectivity index (χ3n) is 9.33. The monoisotopic (exact) mass is 787 g/mol. The number of aliphatic hydroxyl groups is 2. The first-order valence-electron chi connectivity index (χ1n) is 21.4. The minimum Gasteiger partial charge on any atom is -0.462 e. The quantitative estimate of drug-likeness (QED) is 0.0204. The molecule has 316 valence electrons. The molecule has 3 atom stereocenters. The molecular weight excluding hydrogens is 707 g/mol. The molecule has 0 unspecified atom stereocenters. The number of unbranched alkanes of at least 4 members (excludes halogenated alkanes) is 19. The van der Waals surface area contributed by atoms with Crippen LogP contribution in [0.1, 0.15) is 194 Å². The Bertz CT molecular complexity index is 1010. The van der Waals surface area contributed by atoms with E-state index in [-0.39, 0.29) is 19.4 Å². The average Bonchev–Trinajstić information content (AvgIpc) is 3.14. The van der Waals surface area contributed by atoms with E-state index >= 15 is 0 Å². The fraction of sp³-hybridized carbons (Fsp3) is 0.814. The smallest absolute Gasteiger partial charge is 0.462 e. The summed E-state index contributed by atoms with van der Waals surface area (Å²) in [5.41, 5.74) is 0. The van der Waals surface area contributed by atoms with Gasteiger partial charge in [-0.15, -0.1) is 0 Å². The lowest BCUT2D eigenvalue weighted by molar-refractivity contribution is -0.161. The van der Waals surface area contributed by atoms with Gasteiger partial charge in [-0.1, -0.05) is 147 Å². The number of carbonyl (C=O) groups excluding carboxylic acids is 2. The van der Waals surface area contributed by atoms with Gasteiger partial charge in [0.25, 0.3) is 0 Å². The van der Waals surface area contributed by atoms with Gasteiger partial charge in [0.2, 0.25) is 0 Å². The summed E-state index contributed by atoms with van der Waals surface area (Å²) in [4.78, 5) is 42.9. The maximum atomic E-state index is 12.4. The van der Waals surface area contributed by atoms with E-state index in [2.05, 4.69) is 48.8 Å². The van der Waals surface area contributed by atoms with Gasteiger partial charge in [0.1, 0.15) is 6.61 Å². The number of ether oxygens (including phenoxy) is 2. The Morgan fingerprint density at radius 2 is 1.02 bits per heavy atom. The summed E-state index contributed by atoms with van der Waals surface area (Å²) in [6.07, 6.45) is 37.4. The molecule has 0 aliphatic heterocycles. The van der Waals surface area contributed by atoms with Gasteiger partial charge in [-0.3, -0.25) is 14.1 Å². The summed E-state index contributed by atoms with van der Waals surface area (Å²) < 4.78 is 26.3. The van der Waals surface area contributed by atoms with E-state index in [4.69, 9.17) is 19.3 Å². The van der Waals surface area contributed by atoms with Crippen LogP contribution in [0, 0.1) is 0 Å². The third-order valence-corrected chi connectivity index (χ3v) is 9.82. The second-order valence-corrected chi connectivity index (χ2v) is 15.9. The van der Waals surface area contributed by atoms with Crippen molar-refractivity contribution >= 4 is 19.8 Å². The number of esters is 2. The van der Waals surface area contributed by atoms with Crippen LogP contribution in [-0.2, 0) is 28.2 Å². The van der Waals surface area contributed by atoms with Crippen molar-refractivity contribution in [1.29, 1.82) is 0 Å². The maximum absolute atomic E-state index is 12.4. The second-order valence-electron chi connectivity index (χ2n) is 14.6. The van der Waals surface area contributed by atoms with Gasteiger partial charge in [0.05, 0.1) is 18.8 Å². The summed E-state index contributed by atoms with van der Waals surface area (Å²) in [5, 5.41) is 20.3. The van der Waals surface area contributed by atoms with Crippen molar-refractivity contribution in [3.63, 3.8) is 0 Å². The predicted octanol–water partition coefficient (Wildman–Crippen LogP) is 10.9. The van der Waals surface area contributed by atoms with Gasteiger partial charge < -0.3 is 29.5 Å². The van der Waals surface area contributed by atoms with Crippen LogP contribution in [0.5, 0.6) is 0 Å². The van der Waals surface area contributed by atoms with E-state index in [1.54, 1.807) is 0 Å². The zero-order chi connectivity index (χ0) is 40.0. The highest BCUT2D eigenvalue weighted by Crippen LogP contribution is 2.36. The van der Waals surface area contributed by atoms with Crippen molar-refractivity contribution in [2.45, 2.75) is 212 Å². The Morgan fingerprint density at radius 1 is 0.556 bits per heavy atom. The molecule has 10 nitrogen and oxygen atoms in total. The molecule has 4 N–H and O–H groups in total. The Hall–Kier alpha value is -1.81. The van der Waals surface area contributed by atoms with Crippen LogP contribution in [0.3, 0.4) is 0 Å². The molecule has 0 saturated carbocycles. The van der Waals surface area contributed by atoms with E-state index in [0.717, 1.165) is 70.6 Å². The first-order valence-corrected chi connectivity index (χ1v) is 23.0. The molecular formula is C43H79O10P. The number of hydrogen-bond acceptors (Lipinski definition) is 8. The van der Waals surface area contributed by atoms with E-state index in [1.165, 1.54) is 70.6 Å². The SMILES string of the molecule is CCCCC/C=C\C/C=C\CCCCCCCCCCCC(=O)O[C@H](COC(=O)CCCCCCC[C@@H](O)[C@H](O)C/C=C\CCCCC)COP(=O)(O)O. The Balaban J connectivity index is 4.02. The molecule has 0 aliphatic carbocycles. The topological polar surface area (TPSA) is 160 Å². The van der Waals surface area contributed by atoms with Gasteiger partial charge in [-0.05, 0) is 70.6 Å². The molecule has 0 aliphatic rings. The lowest BCUT2D eigenvalue weighted by Gasteiger charge is -2.18. The number of hydrogen-bond donors (Lipinski definition) is 4. The van der Waals surface area contributed by atoms with Crippen molar-refractivity contribution in [1.82, 2.24) is 0 Å². The summed E-state index contributed by atoms with van der Waals surface area (Å²) >= 11 is 0. The number of aliphatic hydroxyl groups excluding tert-OH is 2. The summed E-state index contributed by atoms with van der Waals surface area (Å²) in [5.74, 6) is -0.999. The van der Waals surface area contributed by atoms with Crippen molar-refractivity contribution in [2.24, 2.45) is 0 Å². The van der Waals surface area contributed by atoms with Crippen molar-refractivity contribution < 1.29 is 48.2 Å². The molecule has 11 heteroatoms. The summed E-state index contributed by atoms with van der Waals surface area (Å²) in [6, 6.07) is 0. The summed E-state index contributed by atoms with van der Waals surface area (Å²) in [6.45, 7) is 3.47. The molecule has 0 fully saturated rings. The highest BCUT2D eigenvalue weighted by atomic mass is 31.2. The molecule has 0 amide bonds. The Kier molecular flexibility index (Phi) is 36.8. The van der Waals surface area contributed by atoms with Gasteiger partial charge in [0, 0.05) is 12.8 Å². The van der Waals surface area contributed by atoms with Gasteiger partial charge >= 0.3 is 19.8 Å². The minimum absolute atomic E-state index is 0.167. The van der Waals surface area contributed by atoms with Gasteiger partial charge in [-0.25, -0.2) is 4.57 Å². The molecule has 0 bridgehead atoms. The van der Waals surface area contributed by atoms with Crippen LogP contribution in [0.2, 0.25) is 0 Å². The van der Waals surface area contributed by atoms with Crippen molar-refractivity contribution in [3.8, 4) is 0 Å². The van der Waals surface area contributed by atoms with Crippen LogP contribution in [0.15, 0.2) is 36.5 Å². The molecule has 0 aromatic heterocycles. The Morgan fingerprint density at radius 3 is 1.56 bits per heavy atom. The number of allylic oxidation sites excluding steroid dienone is 5. The van der Waals surface area contributed by atoms with E-state index in [0.29, 0.717) is 25.7 Å². The van der Waals surface area contributed by atoms with Gasteiger partial charge in [0.15, 0.2) is 6.10 Å². The average molecular weight is 787 g/mol. The molecule has 0 aromatic rings. The third kappa shape index (κ3) is 38.5. The Labute approximate surface area is 328 Å².